The van der Waals surface area contributed by atoms with Crippen molar-refractivity contribution >= 4 is 22.8 Å². The van der Waals surface area contributed by atoms with Gasteiger partial charge in [0.05, 0.1) is 5.92 Å². The minimum absolute atomic E-state index is 0.0439. The highest BCUT2D eigenvalue weighted by Gasteiger charge is 2.32. The van der Waals surface area contributed by atoms with Gasteiger partial charge >= 0.3 is 5.97 Å². The van der Waals surface area contributed by atoms with Crippen molar-refractivity contribution in [3.8, 4) is 0 Å². The number of fused-ring (bicyclic) bond motifs is 1. The minimum atomic E-state index is -0.750. The highest BCUT2D eigenvalue weighted by atomic mass is 16.4. The van der Waals surface area contributed by atoms with Crippen molar-refractivity contribution in [2.75, 3.05) is 6.54 Å². The molecule has 1 aromatic carbocycles. The molecule has 1 amide bonds. The first kappa shape index (κ1) is 13.7. The molecule has 0 aliphatic heterocycles. The van der Waals surface area contributed by atoms with E-state index in [9.17, 15) is 9.59 Å². The van der Waals surface area contributed by atoms with E-state index in [1.165, 1.54) is 0 Å². The first-order valence-corrected chi connectivity index (χ1v) is 7.23. The smallest absolute Gasteiger partial charge is 0.306 e. The lowest BCUT2D eigenvalue weighted by molar-refractivity contribution is -0.142. The van der Waals surface area contributed by atoms with Crippen LogP contribution in [0, 0.1) is 11.8 Å². The van der Waals surface area contributed by atoms with E-state index in [0.717, 1.165) is 23.7 Å². The average Bonchev–Trinajstić information content (AvgIpc) is 3.12. The van der Waals surface area contributed by atoms with Crippen LogP contribution in [-0.2, 0) is 4.79 Å². The predicted octanol–water partition coefficient (Wildman–Crippen LogP) is 2.40. The van der Waals surface area contributed by atoms with Crippen molar-refractivity contribution in [2.45, 2.75) is 19.3 Å². The molecule has 1 heterocycles. The molecule has 0 saturated heterocycles. The molecule has 1 saturated carbocycles. The van der Waals surface area contributed by atoms with Gasteiger partial charge in [-0.2, -0.15) is 0 Å². The second-order valence-corrected chi connectivity index (χ2v) is 5.63. The maximum atomic E-state index is 12.2. The summed E-state index contributed by atoms with van der Waals surface area (Å²) in [6, 6.07) is 7.41. The average molecular weight is 286 g/mol. The Bertz CT molecular complexity index is 677. The fourth-order valence-electron chi connectivity index (χ4n) is 3.13. The Morgan fingerprint density at radius 2 is 2.14 bits per heavy atom. The van der Waals surface area contributed by atoms with Crippen LogP contribution in [0.1, 0.15) is 29.6 Å². The normalized spacial score (nSPS) is 21.5. The molecule has 2 atom stereocenters. The van der Waals surface area contributed by atoms with E-state index in [2.05, 4.69) is 10.3 Å². The number of carbonyl (C=O) groups excluding carboxylic acids is 1. The summed E-state index contributed by atoms with van der Waals surface area (Å²) >= 11 is 0. The lowest BCUT2D eigenvalue weighted by Gasteiger charge is -2.16. The van der Waals surface area contributed by atoms with Gasteiger partial charge in [-0.25, -0.2) is 0 Å². The number of carboxylic acid groups (broad SMARTS) is 1. The number of hydrogen-bond donors (Lipinski definition) is 3. The summed E-state index contributed by atoms with van der Waals surface area (Å²) in [5.41, 5.74) is 1.60. The molecule has 1 fully saturated rings. The van der Waals surface area contributed by atoms with Crippen molar-refractivity contribution in [3.63, 3.8) is 0 Å². The van der Waals surface area contributed by atoms with Crippen LogP contribution in [0.4, 0.5) is 0 Å². The number of amides is 1. The Morgan fingerprint density at radius 3 is 2.95 bits per heavy atom. The second kappa shape index (κ2) is 5.60. The van der Waals surface area contributed by atoms with Crippen LogP contribution in [0.2, 0.25) is 0 Å². The third-order valence-corrected chi connectivity index (χ3v) is 4.32. The Hall–Kier alpha value is -2.30. The number of aromatic nitrogens is 1. The van der Waals surface area contributed by atoms with Crippen molar-refractivity contribution in [1.82, 2.24) is 10.3 Å². The Labute approximate surface area is 122 Å². The number of aliphatic carboxylic acids is 1. The van der Waals surface area contributed by atoms with E-state index < -0.39 is 5.97 Å². The number of carboxylic acids is 1. The van der Waals surface area contributed by atoms with Gasteiger partial charge < -0.3 is 15.4 Å². The number of rotatable bonds is 4. The topological polar surface area (TPSA) is 82.2 Å². The maximum absolute atomic E-state index is 12.2. The molecule has 3 rings (SSSR count). The Morgan fingerprint density at radius 1 is 1.29 bits per heavy atom. The molecule has 3 N–H and O–H groups in total. The lowest BCUT2D eigenvalue weighted by atomic mass is 9.96. The summed E-state index contributed by atoms with van der Waals surface area (Å²) in [6.45, 7) is 0.432. The molecule has 2 aromatic rings. The van der Waals surface area contributed by atoms with Crippen molar-refractivity contribution in [2.24, 2.45) is 11.8 Å². The van der Waals surface area contributed by atoms with Crippen LogP contribution in [0.25, 0.3) is 10.9 Å². The van der Waals surface area contributed by atoms with Gasteiger partial charge in [0.15, 0.2) is 0 Å². The number of carbonyl (C=O) groups is 2. The summed E-state index contributed by atoms with van der Waals surface area (Å²) < 4.78 is 0. The van der Waals surface area contributed by atoms with Gasteiger partial charge in [0.1, 0.15) is 0 Å². The number of benzene rings is 1. The number of nitrogens with one attached hydrogen (secondary N) is 2. The predicted molar refractivity (Wildman–Crippen MR) is 79.1 cm³/mol. The van der Waals surface area contributed by atoms with E-state index in [0.29, 0.717) is 18.5 Å². The molecular formula is C16H18N2O3. The van der Waals surface area contributed by atoms with Crippen molar-refractivity contribution < 1.29 is 14.7 Å². The summed E-state index contributed by atoms with van der Waals surface area (Å²) in [7, 11) is 0. The largest absolute Gasteiger partial charge is 0.481 e. The van der Waals surface area contributed by atoms with Crippen LogP contribution in [0.5, 0.6) is 0 Å². The summed E-state index contributed by atoms with van der Waals surface area (Å²) in [5.74, 6) is -1.17. The molecule has 0 bridgehead atoms. The van der Waals surface area contributed by atoms with Crippen LogP contribution < -0.4 is 5.32 Å². The van der Waals surface area contributed by atoms with Crippen molar-refractivity contribution in [1.29, 1.82) is 0 Å². The first-order chi connectivity index (χ1) is 10.1. The van der Waals surface area contributed by atoms with Gasteiger partial charge in [-0.1, -0.05) is 6.42 Å². The van der Waals surface area contributed by atoms with Gasteiger partial charge in [0.2, 0.25) is 0 Å². The maximum Gasteiger partial charge on any atom is 0.306 e. The number of H-pyrrole nitrogens is 1. The molecule has 5 heteroatoms. The van der Waals surface area contributed by atoms with E-state index in [-0.39, 0.29) is 17.7 Å². The van der Waals surface area contributed by atoms with Gasteiger partial charge in [0.25, 0.3) is 5.91 Å². The molecule has 21 heavy (non-hydrogen) atoms. The third kappa shape index (κ3) is 2.77. The second-order valence-electron chi connectivity index (χ2n) is 5.63. The molecular weight excluding hydrogens is 268 g/mol. The van der Waals surface area contributed by atoms with Crippen LogP contribution in [-0.4, -0.2) is 28.5 Å². The highest BCUT2D eigenvalue weighted by molar-refractivity contribution is 5.98. The molecule has 1 aromatic heterocycles. The zero-order valence-corrected chi connectivity index (χ0v) is 11.6. The molecule has 0 radical (unpaired) electrons. The van der Waals surface area contributed by atoms with Crippen LogP contribution in [0.3, 0.4) is 0 Å². The van der Waals surface area contributed by atoms with Crippen molar-refractivity contribution in [3.05, 3.63) is 36.0 Å². The van der Waals surface area contributed by atoms with Crippen LogP contribution in [0.15, 0.2) is 30.5 Å². The molecule has 1 aliphatic carbocycles. The fraction of sp³-hybridized carbons (Fsp3) is 0.375. The minimum Gasteiger partial charge on any atom is -0.481 e. The Balaban J connectivity index is 1.64. The Kier molecular flexibility index (Phi) is 3.64. The fourth-order valence-corrected chi connectivity index (χ4v) is 3.13. The summed E-state index contributed by atoms with van der Waals surface area (Å²) in [4.78, 5) is 26.4. The number of hydrogen-bond acceptors (Lipinski definition) is 2. The summed E-state index contributed by atoms with van der Waals surface area (Å²) in [5, 5.41) is 13.0. The van der Waals surface area contributed by atoms with E-state index in [1.54, 1.807) is 6.07 Å². The molecule has 0 spiro atoms. The van der Waals surface area contributed by atoms with Gasteiger partial charge in [-0.15, -0.1) is 0 Å². The SMILES string of the molecule is O=C(NCC1CCCC1C(=O)O)c1ccc2[nH]ccc2c1. The van der Waals surface area contributed by atoms with Gasteiger partial charge in [-0.3, -0.25) is 9.59 Å². The van der Waals surface area contributed by atoms with Crippen LogP contribution >= 0.6 is 0 Å². The zero-order chi connectivity index (χ0) is 14.8. The quantitative estimate of drug-likeness (QED) is 0.807. The summed E-state index contributed by atoms with van der Waals surface area (Å²) in [6.07, 6.45) is 4.34. The molecule has 1 aliphatic rings. The monoisotopic (exact) mass is 286 g/mol. The number of aromatic amines is 1. The van der Waals surface area contributed by atoms with E-state index >= 15 is 0 Å². The van der Waals surface area contributed by atoms with E-state index in [4.69, 9.17) is 5.11 Å². The van der Waals surface area contributed by atoms with Gasteiger partial charge in [-0.05, 0) is 43.0 Å². The first-order valence-electron chi connectivity index (χ1n) is 7.23. The molecule has 2 unspecified atom stereocenters. The standard InChI is InChI=1S/C16H18N2O3/c19-15(11-4-5-14-10(8-11)6-7-17-14)18-9-12-2-1-3-13(12)16(20)21/h4-8,12-13,17H,1-3,9H2,(H,18,19)(H,20,21). The van der Waals surface area contributed by atoms with E-state index in [1.807, 2.05) is 24.4 Å². The third-order valence-electron chi connectivity index (χ3n) is 4.32. The molecule has 110 valence electrons. The molecule has 5 nitrogen and oxygen atoms in total. The van der Waals surface area contributed by atoms with Gasteiger partial charge in [0, 0.05) is 29.2 Å². The lowest BCUT2D eigenvalue weighted by Crippen LogP contribution is -2.33. The zero-order valence-electron chi connectivity index (χ0n) is 11.6. The highest BCUT2D eigenvalue weighted by Crippen LogP contribution is 2.31.